The molecule has 132 valence electrons. The fourth-order valence-electron chi connectivity index (χ4n) is 2.65. The molecule has 0 atom stereocenters. The summed E-state index contributed by atoms with van der Waals surface area (Å²) in [5.41, 5.74) is 6.96. The van der Waals surface area contributed by atoms with Crippen LogP contribution in [0.4, 0.5) is 11.5 Å². The number of aromatic nitrogens is 4. The number of hydrogen-bond acceptors (Lipinski definition) is 5. The Labute approximate surface area is 144 Å². The van der Waals surface area contributed by atoms with Crippen molar-refractivity contribution in [3.63, 3.8) is 0 Å². The van der Waals surface area contributed by atoms with Gasteiger partial charge >= 0.3 is 5.69 Å². The van der Waals surface area contributed by atoms with E-state index in [0.717, 1.165) is 24.1 Å². The van der Waals surface area contributed by atoms with Crippen LogP contribution in [0.1, 0.15) is 31.0 Å². The zero-order chi connectivity index (χ0) is 18.0. The van der Waals surface area contributed by atoms with Crippen molar-refractivity contribution >= 4 is 23.1 Å². The van der Waals surface area contributed by atoms with E-state index in [-0.39, 0.29) is 11.5 Å². The second-order valence-electron chi connectivity index (χ2n) is 5.83. The number of unbranched alkanes of at least 4 members (excludes halogenated alkanes) is 1. The molecule has 2 aromatic heterocycles. The van der Waals surface area contributed by atoms with Crippen LogP contribution in [0.3, 0.4) is 0 Å². The molecule has 2 aromatic rings. The molecule has 0 aliphatic heterocycles. The van der Waals surface area contributed by atoms with Gasteiger partial charge in [-0.3, -0.25) is 19.0 Å². The molecule has 0 fully saturated rings. The van der Waals surface area contributed by atoms with Crippen molar-refractivity contribution in [3.05, 3.63) is 37.2 Å². The molecule has 0 unspecified atom stereocenters. The summed E-state index contributed by atoms with van der Waals surface area (Å²) in [4.78, 5) is 28.3. The summed E-state index contributed by atoms with van der Waals surface area (Å²) in [6.07, 6.45) is 1.72. The van der Waals surface area contributed by atoms with Crippen molar-refractivity contribution in [1.82, 2.24) is 19.3 Å². The summed E-state index contributed by atoms with van der Waals surface area (Å²) in [5, 5.41) is 4.77. The minimum atomic E-state index is -0.509. The molecule has 0 aliphatic carbocycles. The summed E-state index contributed by atoms with van der Waals surface area (Å²) in [6.45, 7) is 4.70. The average molecular weight is 355 g/mol. The summed E-state index contributed by atoms with van der Waals surface area (Å²) in [6, 6.07) is 0. The van der Waals surface area contributed by atoms with Gasteiger partial charge in [0.15, 0.2) is 0 Å². The predicted molar refractivity (Wildman–Crippen MR) is 95.7 cm³/mol. The second-order valence-corrected chi connectivity index (χ2v) is 6.19. The lowest BCUT2D eigenvalue weighted by atomic mass is 10.2. The zero-order valence-electron chi connectivity index (χ0n) is 14.4. The van der Waals surface area contributed by atoms with Gasteiger partial charge in [0.1, 0.15) is 16.7 Å². The largest absolute Gasteiger partial charge is 0.383 e. The molecule has 0 amide bonds. The molecule has 0 saturated carbocycles. The molecule has 2 rings (SSSR count). The molecular formula is C15H23ClN6O2. The molecule has 0 bridgehead atoms. The molecule has 3 N–H and O–H groups in total. The van der Waals surface area contributed by atoms with Gasteiger partial charge < -0.3 is 10.6 Å². The van der Waals surface area contributed by atoms with E-state index in [2.05, 4.69) is 10.1 Å². The molecule has 0 spiro atoms. The molecule has 2 heterocycles. The van der Waals surface area contributed by atoms with E-state index in [1.54, 1.807) is 23.7 Å². The van der Waals surface area contributed by atoms with E-state index >= 15 is 0 Å². The lowest BCUT2D eigenvalue weighted by molar-refractivity contribution is 0.603. The smallest absolute Gasteiger partial charge is 0.330 e. The first-order valence-electron chi connectivity index (χ1n) is 7.79. The minimum Gasteiger partial charge on any atom is -0.383 e. The summed E-state index contributed by atoms with van der Waals surface area (Å²) in [7, 11) is 3.49. The molecule has 0 aromatic carbocycles. The van der Waals surface area contributed by atoms with Crippen LogP contribution >= 0.6 is 11.6 Å². The number of halogens is 1. The van der Waals surface area contributed by atoms with E-state index < -0.39 is 11.2 Å². The van der Waals surface area contributed by atoms with Crippen molar-refractivity contribution < 1.29 is 0 Å². The van der Waals surface area contributed by atoms with E-state index in [1.165, 1.54) is 4.57 Å². The molecule has 9 heteroatoms. The van der Waals surface area contributed by atoms with Gasteiger partial charge in [0, 0.05) is 32.7 Å². The van der Waals surface area contributed by atoms with Crippen LogP contribution in [0.25, 0.3) is 0 Å². The molecule has 8 nitrogen and oxygen atoms in total. The molecular weight excluding hydrogens is 332 g/mol. The van der Waals surface area contributed by atoms with Crippen LogP contribution in [0, 0.1) is 6.92 Å². The maximum absolute atomic E-state index is 12.2. The van der Waals surface area contributed by atoms with Crippen LogP contribution in [0.15, 0.2) is 9.59 Å². The topological polar surface area (TPSA) is 102 Å². The number of rotatable bonds is 6. The Morgan fingerprint density at radius 3 is 2.58 bits per heavy atom. The first kappa shape index (κ1) is 18.1. The van der Waals surface area contributed by atoms with Crippen LogP contribution in [0.5, 0.6) is 0 Å². The quantitative estimate of drug-likeness (QED) is 0.812. The second kappa shape index (κ2) is 7.12. The Bertz CT molecular complexity index is 851. The van der Waals surface area contributed by atoms with Crippen molar-refractivity contribution in [1.29, 1.82) is 0 Å². The highest BCUT2D eigenvalue weighted by molar-refractivity contribution is 6.30. The van der Waals surface area contributed by atoms with Gasteiger partial charge in [0.25, 0.3) is 5.56 Å². The Kier molecular flexibility index (Phi) is 5.38. The summed E-state index contributed by atoms with van der Waals surface area (Å²) < 4.78 is 2.98. The van der Waals surface area contributed by atoms with Crippen molar-refractivity contribution in [3.8, 4) is 0 Å². The average Bonchev–Trinajstić information content (AvgIpc) is 2.73. The SMILES string of the molecule is CCCCn1c(N)c(N(C)Cc2c(C)nn(C)c2Cl)c(=O)[nH]c1=O. The summed E-state index contributed by atoms with van der Waals surface area (Å²) in [5.74, 6) is 0.164. The lowest BCUT2D eigenvalue weighted by Crippen LogP contribution is -2.37. The number of aryl methyl sites for hydroxylation is 2. The van der Waals surface area contributed by atoms with Gasteiger partial charge in [-0.1, -0.05) is 24.9 Å². The molecule has 0 saturated heterocycles. The van der Waals surface area contributed by atoms with Gasteiger partial charge in [-0.05, 0) is 13.3 Å². The molecule has 0 radical (unpaired) electrons. The minimum absolute atomic E-state index is 0.164. The van der Waals surface area contributed by atoms with Gasteiger partial charge in [-0.2, -0.15) is 5.10 Å². The number of nitrogens with one attached hydrogen (secondary N) is 1. The first-order valence-corrected chi connectivity index (χ1v) is 8.17. The Morgan fingerprint density at radius 2 is 2.04 bits per heavy atom. The highest BCUT2D eigenvalue weighted by atomic mass is 35.5. The summed E-state index contributed by atoms with van der Waals surface area (Å²) >= 11 is 6.25. The standard InChI is InChI=1S/C15H23ClN6O2/c1-5-6-7-22-13(17)11(14(23)18-15(22)24)20(3)8-10-9(2)19-21(4)12(10)16/h5-8,17H2,1-4H3,(H,18,23,24). The van der Waals surface area contributed by atoms with Gasteiger partial charge in [-0.15, -0.1) is 0 Å². The monoisotopic (exact) mass is 354 g/mol. The lowest BCUT2D eigenvalue weighted by Gasteiger charge is -2.21. The van der Waals surface area contributed by atoms with Crippen LogP contribution in [-0.2, 0) is 20.1 Å². The number of anilines is 2. The maximum Gasteiger partial charge on any atom is 0.330 e. The van der Waals surface area contributed by atoms with Crippen LogP contribution in [0.2, 0.25) is 5.15 Å². The van der Waals surface area contributed by atoms with Crippen LogP contribution < -0.4 is 21.9 Å². The fraction of sp³-hybridized carbons (Fsp3) is 0.533. The Morgan fingerprint density at radius 1 is 1.38 bits per heavy atom. The first-order chi connectivity index (χ1) is 11.3. The number of nitrogen functional groups attached to an aromatic ring is 1. The van der Waals surface area contributed by atoms with Crippen molar-refractivity contribution in [2.24, 2.45) is 7.05 Å². The van der Waals surface area contributed by atoms with Crippen molar-refractivity contribution in [2.45, 2.75) is 39.8 Å². The van der Waals surface area contributed by atoms with Crippen molar-refractivity contribution in [2.75, 3.05) is 17.7 Å². The third-order valence-corrected chi connectivity index (χ3v) is 4.47. The third-order valence-electron chi connectivity index (χ3n) is 4.00. The predicted octanol–water partition coefficient (Wildman–Crippen LogP) is 1.25. The Hall–Kier alpha value is -2.22. The van der Waals surface area contributed by atoms with Gasteiger partial charge in [0.2, 0.25) is 0 Å². The van der Waals surface area contributed by atoms with Gasteiger partial charge in [0.05, 0.1) is 5.69 Å². The number of hydrogen-bond donors (Lipinski definition) is 2. The zero-order valence-corrected chi connectivity index (χ0v) is 15.1. The maximum atomic E-state index is 12.2. The highest BCUT2D eigenvalue weighted by Gasteiger charge is 2.19. The third kappa shape index (κ3) is 3.33. The van der Waals surface area contributed by atoms with E-state index in [4.69, 9.17) is 17.3 Å². The number of aromatic amines is 1. The van der Waals surface area contributed by atoms with Crippen LogP contribution in [-0.4, -0.2) is 26.4 Å². The number of H-pyrrole nitrogens is 1. The number of nitrogens with two attached hydrogens (primary N) is 1. The Balaban J connectivity index is 2.43. The molecule has 24 heavy (non-hydrogen) atoms. The van der Waals surface area contributed by atoms with E-state index in [9.17, 15) is 9.59 Å². The normalized spacial score (nSPS) is 11.0. The van der Waals surface area contributed by atoms with Gasteiger partial charge in [-0.25, -0.2) is 4.79 Å². The highest BCUT2D eigenvalue weighted by Crippen LogP contribution is 2.23. The molecule has 0 aliphatic rings. The van der Waals surface area contributed by atoms with E-state index in [1.807, 2.05) is 13.8 Å². The fourth-order valence-corrected chi connectivity index (χ4v) is 2.89. The number of nitrogens with zero attached hydrogens (tertiary/aromatic N) is 4. The van der Waals surface area contributed by atoms with E-state index in [0.29, 0.717) is 18.2 Å².